The molecule has 4 aliphatic carbocycles. The van der Waals surface area contributed by atoms with Gasteiger partial charge in [-0.2, -0.15) is 0 Å². The number of hydrogen-bond acceptors (Lipinski definition) is 4. The first kappa shape index (κ1) is 64.0. The van der Waals surface area contributed by atoms with Crippen LogP contribution >= 0.6 is 0 Å². The Hall–Kier alpha value is -14.8. The van der Waals surface area contributed by atoms with Crippen LogP contribution in [0.3, 0.4) is 0 Å². The molecule has 20 aromatic rings. The number of fused-ring (bicyclic) bond motifs is 26. The molecule has 2 spiro atoms. The zero-order valence-corrected chi connectivity index (χ0v) is 62.0. The van der Waals surface area contributed by atoms with E-state index in [4.69, 9.17) is 8.83 Å². The second kappa shape index (κ2) is 24.8. The van der Waals surface area contributed by atoms with Gasteiger partial charge in [-0.25, -0.2) is 0 Å². The van der Waals surface area contributed by atoms with E-state index in [1.54, 1.807) is 0 Å². The first-order valence-corrected chi connectivity index (χ1v) is 39.4. The van der Waals surface area contributed by atoms with Gasteiger partial charge in [-0.1, -0.05) is 346 Å². The van der Waals surface area contributed by atoms with Gasteiger partial charge < -0.3 is 18.6 Å². The van der Waals surface area contributed by atoms with Crippen molar-refractivity contribution in [3.05, 3.63) is 457 Å². The smallest absolute Gasteiger partial charge is 0.159 e. The molecule has 0 saturated carbocycles. The van der Waals surface area contributed by atoms with Gasteiger partial charge in [0.25, 0.3) is 0 Å². The van der Waals surface area contributed by atoms with Crippen molar-refractivity contribution >= 4 is 78.0 Å². The van der Waals surface area contributed by atoms with Gasteiger partial charge in [0, 0.05) is 55.3 Å². The third kappa shape index (κ3) is 9.10. The molecule has 114 heavy (non-hydrogen) atoms. The fraction of sp³-hybridized carbons (Fsp3) is 0.0182. The molecule has 24 rings (SSSR count). The van der Waals surface area contributed by atoms with E-state index >= 15 is 0 Å². The van der Waals surface area contributed by atoms with E-state index < -0.39 is 10.8 Å². The molecule has 4 aliphatic rings. The molecule has 0 saturated heterocycles. The minimum Gasteiger partial charge on any atom is -0.453 e. The van der Waals surface area contributed by atoms with E-state index in [1.165, 1.54) is 94.6 Å². The fourth-order valence-corrected chi connectivity index (χ4v) is 20.4. The Morgan fingerprint density at radius 1 is 0.158 bits per heavy atom. The van der Waals surface area contributed by atoms with Gasteiger partial charge in [0.2, 0.25) is 0 Å². The minimum absolute atomic E-state index is 0.528. The molecule has 0 bridgehead atoms. The van der Waals surface area contributed by atoms with Crippen LogP contribution in [0, 0.1) is 0 Å². The number of benzene rings is 18. The summed E-state index contributed by atoms with van der Waals surface area (Å²) in [7, 11) is 0. The molecule has 530 valence electrons. The third-order valence-corrected chi connectivity index (χ3v) is 25.1. The molecule has 1 unspecified atom stereocenters. The first-order valence-electron chi connectivity index (χ1n) is 39.4. The van der Waals surface area contributed by atoms with Crippen LogP contribution in [-0.2, 0) is 10.8 Å². The molecule has 0 radical (unpaired) electrons. The van der Waals surface area contributed by atoms with Gasteiger partial charge in [0.15, 0.2) is 11.2 Å². The molecule has 18 aromatic carbocycles. The normalized spacial score (nSPS) is 14.1. The van der Waals surface area contributed by atoms with Gasteiger partial charge in [-0.05, 0) is 195 Å². The van der Waals surface area contributed by atoms with E-state index in [9.17, 15) is 0 Å². The van der Waals surface area contributed by atoms with Crippen LogP contribution in [0.4, 0.5) is 34.1 Å². The number of rotatable bonds is 11. The predicted octanol–water partition coefficient (Wildman–Crippen LogP) is 29.4. The molecule has 0 fully saturated rings. The fourth-order valence-electron chi connectivity index (χ4n) is 20.4. The quantitative estimate of drug-likeness (QED) is 0.129. The molecule has 1 atom stereocenters. The van der Waals surface area contributed by atoms with Gasteiger partial charge in [0.1, 0.15) is 11.2 Å². The lowest BCUT2D eigenvalue weighted by molar-refractivity contribution is 0.670. The average Bonchev–Trinajstić information content (AvgIpc) is 1.50. The molecular weight excluding hydrogens is 1380 g/mol. The van der Waals surface area contributed by atoms with Crippen molar-refractivity contribution in [2.24, 2.45) is 0 Å². The lowest BCUT2D eigenvalue weighted by atomic mass is 9.70. The van der Waals surface area contributed by atoms with Crippen molar-refractivity contribution in [1.82, 2.24) is 0 Å². The van der Waals surface area contributed by atoms with Gasteiger partial charge >= 0.3 is 0 Å². The molecule has 0 N–H and O–H groups in total. The summed E-state index contributed by atoms with van der Waals surface area (Å²) in [5, 5.41) is 4.24. The summed E-state index contributed by atoms with van der Waals surface area (Å²) in [5.74, 6) is 0. The van der Waals surface area contributed by atoms with Crippen LogP contribution in [0.5, 0.6) is 0 Å². The van der Waals surface area contributed by atoms with Gasteiger partial charge in [-0.15, -0.1) is 0 Å². The third-order valence-electron chi connectivity index (χ3n) is 25.1. The van der Waals surface area contributed by atoms with Crippen LogP contribution in [0.1, 0.15) is 44.5 Å². The molecule has 4 nitrogen and oxygen atoms in total. The lowest BCUT2D eigenvalue weighted by Crippen LogP contribution is -2.26. The highest BCUT2D eigenvalue weighted by Gasteiger charge is 2.54. The maximum Gasteiger partial charge on any atom is 0.159 e. The van der Waals surface area contributed by atoms with E-state index in [2.05, 4.69) is 422 Å². The maximum atomic E-state index is 7.61. The Kier molecular flexibility index (Phi) is 13.9. The van der Waals surface area contributed by atoms with Crippen LogP contribution < -0.4 is 9.80 Å². The van der Waals surface area contributed by atoms with Gasteiger partial charge in [0.05, 0.1) is 27.9 Å². The second-order valence-corrected chi connectivity index (χ2v) is 30.7. The van der Waals surface area contributed by atoms with Gasteiger partial charge in [-0.3, -0.25) is 0 Å². The van der Waals surface area contributed by atoms with Crippen molar-refractivity contribution < 1.29 is 8.83 Å². The summed E-state index contributed by atoms with van der Waals surface area (Å²) in [5.41, 5.74) is 39.5. The molecular formula is C110H68N2O2. The second-order valence-electron chi connectivity index (χ2n) is 30.7. The molecule has 2 aromatic heterocycles. The van der Waals surface area contributed by atoms with Crippen LogP contribution in [0.15, 0.2) is 421 Å². The monoisotopic (exact) mass is 1450 g/mol. The molecule has 2 heterocycles. The average molecular weight is 1450 g/mol. The van der Waals surface area contributed by atoms with Crippen LogP contribution in [0.2, 0.25) is 0 Å². The summed E-state index contributed by atoms with van der Waals surface area (Å²) >= 11 is 0. The van der Waals surface area contributed by atoms with Crippen molar-refractivity contribution in [1.29, 1.82) is 0 Å². The number of anilines is 6. The first-order chi connectivity index (χ1) is 56.6. The van der Waals surface area contributed by atoms with E-state index in [0.717, 1.165) is 128 Å². The van der Waals surface area contributed by atoms with Crippen LogP contribution in [0.25, 0.3) is 144 Å². The van der Waals surface area contributed by atoms with Crippen LogP contribution in [-0.4, -0.2) is 0 Å². The number of hydrogen-bond donors (Lipinski definition) is 0. The minimum atomic E-state index is -0.697. The lowest BCUT2D eigenvalue weighted by Gasteiger charge is -2.33. The Labute approximate surface area is 660 Å². The topological polar surface area (TPSA) is 32.8 Å². The Balaban J connectivity index is 0.659. The maximum absolute atomic E-state index is 7.61. The van der Waals surface area contributed by atoms with Crippen molar-refractivity contribution in [3.8, 4) is 100 Å². The Morgan fingerprint density at radius 2 is 0.456 bits per heavy atom. The van der Waals surface area contributed by atoms with Crippen molar-refractivity contribution in [3.63, 3.8) is 0 Å². The summed E-state index contributed by atoms with van der Waals surface area (Å²) in [6.45, 7) is 0. The summed E-state index contributed by atoms with van der Waals surface area (Å²) in [6, 6.07) is 153. The highest BCUT2D eigenvalue weighted by Crippen LogP contribution is 2.66. The predicted molar refractivity (Wildman–Crippen MR) is 470 cm³/mol. The SMILES string of the molecule is c1ccc(-c2ccc(N(c3ccc4c(c3)C3(c5ccccc5-c5ccccc53)c3ccccc3-4)c3cccc4c3oc3c(-c5cccc(-c6ccc7c(c6)C6(c8ccccc8-7)c7ccccc7-c7ccc(N(c8ccccc8-c8ccccc8)c8cccc9c8oc8c(-c%10ccccc%10)cccc89)cc76)c5)cccc34)cc2)cc1. The van der Waals surface area contributed by atoms with Crippen molar-refractivity contribution in [2.75, 3.05) is 9.80 Å². The standard InChI is InChI=1S/C110H68N2O2/c1-4-27-69(28-5-1)70-55-58-76(59-56-70)111(77-60-63-88-85-39-12-18-49-96(85)109(100(88)67-77)94-47-16-10-36-82(94)83-37-11-17-48-95(83)109)103-53-25-45-92-91-44-24-42-81(106(91)114-107(92)103)75-34-22-33-73(65-75)74-57-62-87-84-38-13-19-50-97(84)110(99(87)66-74)98-51-20-14-40-86(98)89-64-61-78(68-101(89)110)112(102-52-21-15-35-79(102)71-29-6-2-7-30-71)104-54-26-46-93-90-43-23-41-80(105(90)113-108(93)104)72-31-8-3-9-32-72/h1-68H. The summed E-state index contributed by atoms with van der Waals surface area (Å²) in [6.07, 6.45) is 0. The zero-order chi connectivity index (χ0) is 74.7. The van der Waals surface area contributed by atoms with E-state index in [-0.39, 0.29) is 0 Å². The molecule has 4 heteroatoms. The van der Waals surface area contributed by atoms with E-state index in [1.807, 2.05) is 0 Å². The summed E-state index contributed by atoms with van der Waals surface area (Å²) < 4.78 is 15.0. The zero-order valence-electron chi connectivity index (χ0n) is 62.0. The molecule has 0 amide bonds. The largest absolute Gasteiger partial charge is 0.453 e. The summed E-state index contributed by atoms with van der Waals surface area (Å²) in [4.78, 5) is 4.88. The highest BCUT2D eigenvalue weighted by atomic mass is 16.3. The Bertz CT molecular complexity index is 7300. The number of nitrogens with zero attached hydrogens (tertiary/aromatic N) is 2. The molecule has 0 aliphatic heterocycles. The number of para-hydroxylation sites is 5. The van der Waals surface area contributed by atoms with Crippen molar-refractivity contribution in [2.45, 2.75) is 10.8 Å². The van der Waals surface area contributed by atoms with E-state index in [0.29, 0.717) is 0 Å². The highest BCUT2D eigenvalue weighted by molar-refractivity contribution is 6.16. The number of furan rings is 2. The Morgan fingerprint density at radius 3 is 0.965 bits per heavy atom.